The second-order valence-electron chi connectivity index (χ2n) is 4.09. The summed E-state index contributed by atoms with van der Waals surface area (Å²) in [5.74, 6) is -0.177. The van der Waals surface area contributed by atoms with Crippen molar-refractivity contribution in [3.63, 3.8) is 0 Å². The first-order valence-corrected chi connectivity index (χ1v) is 6.33. The van der Waals surface area contributed by atoms with Gasteiger partial charge in [0.2, 0.25) is 0 Å². The number of rotatable bonds is 2. The molecule has 0 bridgehead atoms. The lowest BCUT2D eigenvalue weighted by atomic mass is 10.2. The first-order valence-electron chi connectivity index (χ1n) is 5.57. The van der Waals surface area contributed by atoms with Crippen molar-refractivity contribution in [3.8, 4) is 0 Å². The molecule has 0 unspecified atom stereocenters. The van der Waals surface area contributed by atoms with Crippen LogP contribution >= 0.6 is 23.2 Å². The smallest absolute Gasteiger partial charge is 0.258 e. The standard InChI is InChI=1S/C14H12Cl2N2O/c1-18(11-4-2-3-10(17)8-11)14(19)9-5-6-12(15)13(16)7-9/h2-8H,17H2,1H3. The van der Waals surface area contributed by atoms with E-state index in [0.717, 1.165) is 5.69 Å². The highest BCUT2D eigenvalue weighted by Crippen LogP contribution is 2.24. The fourth-order valence-electron chi connectivity index (χ4n) is 1.67. The van der Waals surface area contributed by atoms with Crippen LogP contribution in [0.1, 0.15) is 10.4 Å². The number of anilines is 2. The minimum atomic E-state index is -0.177. The Kier molecular flexibility index (Phi) is 3.98. The Morgan fingerprint density at radius 2 is 1.84 bits per heavy atom. The molecule has 0 aliphatic heterocycles. The van der Waals surface area contributed by atoms with Gasteiger partial charge in [-0.05, 0) is 36.4 Å². The molecule has 0 aromatic heterocycles. The second-order valence-corrected chi connectivity index (χ2v) is 4.90. The third-order valence-electron chi connectivity index (χ3n) is 2.73. The molecule has 5 heteroatoms. The molecule has 2 aromatic carbocycles. The quantitative estimate of drug-likeness (QED) is 0.855. The molecule has 0 spiro atoms. The molecule has 3 nitrogen and oxygen atoms in total. The summed E-state index contributed by atoms with van der Waals surface area (Å²) in [6.45, 7) is 0. The van der Waals surface area contributed by atoms with E-state index in [-0.39, 0.29) is 5.91 Å². The van der Waals surface area contributed by atoms with Crippen LogP contribution in [0.3, 0.4) is 0 Å². The van der Waals surface area contributed by atoms with Crippen molar-refractivity contribution in [1.29, 1.82) is 0 Å². The van der Waals surface area contributed by atoms with Crippen LogP contribution in [0.25, 0.3) is 0 Å². The topological polar surface area (TPSA) is 46.3 Å². The fourth-order valence-corrected chi connectivity index (χ4v) is 1.97. The first-order chi connectivity index (χ1) is 8.99. The number of benzene rings is 2. The van der Waals surface area contributed by atoms with E-state index >= 15 is 0 Å². The van der Waals surface area contributed by atoms with Gasteiger partial charge >= 0.3 is 0 Å². The maximum atomic E-state index is 12.3. The zero-order valence-electron chi connectivity index (χ0n) is 10.2. The number of halogens is 2. The zero-order chi connectivity index (χ0) is 14.0. The highest BCUT2D eigenvalue weighted by molar-refractivity contribution is 6.42. The van der Waals surface area contributed by atoms with Gasteiger partial charge in [0.1, 0.15) is 0 Å². The number of hydrogen-bond donors (Lipinski definition) is 1. The molecule has 2 N–H and O–H groups in total. The normalized spacial score (nSPS) is 10.3. The fraction of sp³-hybridized carbons (Fsp3) is 0.0714. The van der Waals surface area contributed by atoms with E-state index in [9.17, 15) is 4.79 Å². The van der Waals surface area contributed by atoms with Crippen molar-refractivity contribution >= 4 is 40.5 Å². The monoisotopic (exact) mass is 294 g/mol. The summed E-state index contributed by atoms with van der Waals surface area (Å²) in [4.78, 5) is 13.8. The van der Waals surface area contributed by atoms with E-state index in [1.54, 1.807) is 43.4 Å². The molecule has 0 heterocycles. The van der Waals surface area contributed by atoms with Crippen molar-refractivity contribution in [2.75, 3.05) is 17.7 Å². The highest BCUT2D eigenvalue weighted by atomic mass is 35.5. The summed E-state index contributed by atoms with van der Waals surface area (Å²) >= 11 is 11.7. The van der Waals surface area contributed by atoms with E-state index < -0.39 is 0 Å². The number of hydrogen-bond acceptors (Lipinski definition) is 2. The molecule has 0 radical (unpaired) electrons. The molecular formula is C14H12Cl2N2O. The van der Waals surface area contributed by atoms with Crippen LogP contribution in [0, 0.1) is 0 Å². The van der Waals surface area contributed by atoms with Crippen LogP contribution in [0.15, 0.2) is 42.5 Å². The van der Waals surface area contributed by atoms with Gasteiger partial charge in [0.25, 0.3) is 5.91 Å². The summed E-state index contributed by atoms with van der Waals surface area (Å²) in [6.07, 6.45) is 0. The summed E-state index contributed by atoms with van der Waals surface area (Å²) in [7, 11) is 1.68. The van der Waals surface area contributed by atoms with Crippen molar-refractivity contribution in [2.24, 2.45) is 0 Å². The summed E-state index contributed by atoms with van der Waals surface area (Å²) in [6, 6.07) is 11.9. The van der Waals surface area contributed by atoms with Crippen molar-refractivity contribution in [2.45, 2.75) is 0 Å². The first kappa shape index (κ1) is 13.7. The maximum absolute atomic E-state index is 12.3. The van der Waals surface area contributed by atoms with E-state index in [1.165, 1.54) is 4.90 Å². The lowest BCUT2D eigenvalue weighted by Gasteiger charge is -2.18. The molecule has 19 heavy (non-hydrogen) atoms. The van der Waals surface area contributed by atoms with E-state index in [0.29, 0.717) is 21.3 Å². The molecule has 2 aromatic rings. The molecule has 0 aliphatic carbocycles. The van der Waals surface area contributed by atoms with Gasteiger partial charge in [0.05, 0.1) is 10.0 Å². The van der Waals surface area contributed by atoms with Gasteiger partial charge in [0.15, 0.2) is 0 Å². The Hall–Kier alpha value is -1.71. The molecule has 98 valence electrons. The van der Waals surface area contributed by atoms with Crippen LogP contribution in [-0.4, -0.2) is 13.0 Å². The van der Waals surface area contributed by atoms with Gasteiger partial charge in [-0.25, -0.2) is 0 Å². The Balaban J connectivity index is 2.30. The highest BCUT2D eigenvalue weighted by Gasteiger charge is 2.14. The predicted molar refractivity (Wildman–Crippen MR) is 80.0 cm³/mol. The van der Waals surface area contributed by atoms with Gasteiger partial charge < -0.3 is 10.6 Å². The van der Waals surface area contributed by atoms with Crippen molar-refractivity contribution < 1.29 is 4.79 Å². The summed E-state index contributed by atoms with van der Waals surface area (Å²) in [5.41, 5.74) is 7.50. The Morgan fingerprint density at radius 3 is 2.47 bits per heavy atom. The molecule has 1 amide bonds. The number of nitrogens with zero attached hydrogens (tertiary/aromatic N) is 1. The van der Waals surface area contributed by atoms with E-state index in [2.05, 4.69) is 0 Å². The van der Waals surface area contributed by atoms with Gasteiger partial charge in [-0.2, -0.15) is 0 Å². The average Bonchev–Trinajstić information content (AvgIpc) is 2.40. The molecule has 0 aliphatic rings. The van der Waals surface area contributed by atoms with E-state index in [1.807, 2.05) is 6.07 Å². The number of nitrogen functional groups attached to an aromatic ring is 1. The van der Waals surface area contributed by atoms with Crippen LogP contribution in [-0.2, 0) is 0 Å². The zero-order valence-corrected chi connectivity index (χ0v) is 11.7. The molecular weight excluding hydrogens is 283 g/mol. The van der Waals surface area contributed by atoms with Gasteiger partial charge in [-0.3, -0.25) is 4.79 Å². The number of amides is 1. The Labute approximate surface area is 121 Å². The SMILES string of the molecule is CN(C(=O)c1ccc(Cl)c(Cl)c1)c1cccc(N)c1. The molecule has 2 rings (SSSR count). The van der Waals surface area contributed by atoms with Crippen LogP contribution in [0.2, 0.25) is 10.0 Å². The number of carbonyl (C=O) groups excluding carboxylic acids is 1. The molecule has 0 atom stereocenters. The third kappa shape index (κ3) is 3.00. The predicted octanol–water partition coefficient (Wildman–Crippen LogP) is 3.85. The lowest BCUT2D eigenvalue weighted by molar-refractivity contribution is 0.0993. The minimum Gasteiger partial charge on any atom is -0.399 e. The minimum absolute atomic E-state index is 0.177. The number of nitrogens with two attached hydrogens (primary N) is 1. The molecule has 0 fully saturated rings. The van der Waals surface area contributed by atoms with Gasteiger partial charge in [0, 0.05) is 24.0 Å². The van der Waals surface area contributed by atoms with Crippen LogP contribution in [0.4, 0.5) is 11.4 Å². The molecule has 0 saturated carbocycles. The van der Waals surface area contributed by atoms with E-state index in [4.69, 9.17) is 28.9 Å². The van der Waals surface area contributed by atoms with Crippen LogP contribution < -0.4 is 10.6 Å². The van der Waals surface area contributed by atoms with Crippen LogP contribution in [0.5, 0.6) is 0 Å². The van der Waals surface area contributed by atoms with Crippen molar-refractivity contribution in [3.05, 3.63) is 58.1 Å². The third-order valence-corrected chi connectivity index (χ3v) is 3.47. The summed E-state index contributed by atoms with van der Waals surface area (Å²) < 4.78 is 0. The number of carbonyl (C=O) groups is 1. The van der Waals surface area contributed by atoms with Gasteiger partial charge in [-0.15, -0.1) is 0 Å². The maximum Gasteiger partial charge on any atom is 0.258 e. The lowest BCUT2D eigenvalue weighted by Crippen LogP contribution is -2.26. The van der Waals surface area contributed by atoms with Crippen molar-refractivity contribution in [1.82, 2.24) is 0 Å². The second kappa shape index (κ2) is 5.51. The van der Waals surface area contributed by atoms with Gasteiger partial charge in [-0.1, -0.05) is 29.3 Å². The largest absolute Gasteiger partial charge is 0.399 e. The summed E-state index contributed by atoms with van der Waals surface area (Å²) in [5, 5.41) is 0.776. The molecule has 0 saturated heterocycles. The average molecular weight is 295 g/mol. The Bertz CT molecular complexity index is 629. The Morgan fingerprint density at radius 1 is 1.11 bits per heavy atom.